The Labute approximate surface area is 171 Å². The maximum Gasteiger partial charge on any atom is 0.333 e. The molecular formula is C24H25N3O2. The van der Waals surface area contributed by atoms with Gasteiger partial charge in [0.1, 0.15) is 0 Å². The SMILES string of the molecule is O=C(Cc1ccccc1)NNC(=O)NCCC(c1ccccc1)c1ccccc1. The molecule has 0 aromatic heterocycles. The van der Waals surface area contributed by atoms with Gasteiger partial charge in [0.05, 0.1) is 6.42 Å². The first-order chi connectivity index (χ1) is 14.2. The van der Waals surface area contributed by atoms with Gasteiger partial charge in [-0.15, -0.1) is 0 Å². The quantitative estimate of drug-likeness (QED) is 0.540. The molecule has 0 aliphatic rings. The maximum absolute atomic E-state index is 12.0. The third-order valence-electron chi connectivity index (χ3n) is 4.65. The Balaban J connectivity index is 1.47. The van der Waals surface area contributed by atoms with Crippen LogP contribution in [0.15, 0.2) is 91.0 Å². The molecule has 0 saturated heterocycles. The Morgan fingerprint density at radius 2 is 1.21 bits per heavy atom. The second kappa shape index (κ2) is 10.7. The molecule has 0 aliphatic heterocycles. The van der Waals surface area contributed by atoms with E-state index in [1.807, 2.05) is 66.7 Å². The van der Waals surface area contributed by atoms with Gasteiger partial charge >= 0.3 is 6.03 Å². The van der Waals surface area contributed by atoms with Crippen LogP contribution in [0.25, 0.3) is 0 Å². The van der Waals surface area contributed by atoms with Gasteiger partial charge in [0.2, 0.25) is 5.91 Å². The lowest BCUT2D eigenvalue weighted by atomic mass is 9.88. The maximum atomic E-state index is 12.0. The van der Waals surface area contributed by atoms with Crippen molar-refractivity contribution in [2.45, 2.75) is 18.8 Å². The predicted molar refractivity (Wildman–Crippen MR) is 114 cm³/mol. The summed E-state index contributed by atoms with van der Waals surface area (Å²) in [6.07, 6.45) is 0.963. The molecule has 0 fully saturated rings. The molecule has 29 heavy (non-hydrogen) atoms. The molecule has 3 aromatic carbocycles. The van der Waals surface area contributed by atoms with Crippen molar-refractivity contribution in [2.75, 3.05) is 6.54 Å². The lowest BCUT2D eigenvalue weighted by Crippen LogP contribution is -2.47. The van der Waals surface area contributed by atoms with E-state index in [9.17, 15) is 9.59 Å². The summed E-state index contributed by atoms with van der Waals surface area (Å²) in [5, 5.41) is 2.81. The van der Waals surface area contributed by atoms with Gasteiger partial charge in [-0.2, -0.15) is 0 Å². The summed E-state index contributed by atoms with van der Waals surface area (Å²) >= 11 is 0. The highest BCUT2D eigenvalue weighted by atomic mass is 16.2. The summed E-state index contributed by atoms with van der Waals surface area (Å²) in [6, 6.07) is 29.4. The molecule has 0 bridgehead atoms. The molecule has 0 heterocycles. The topological polar surface area (TPSA) is 70.2 Å². The second-order valence-electron chi connectivity index (χ2n) is 6.75. The van der Waals surface area contributed by atoms with E-state index in [0.29, 0.717) is 6.54 Å². The van der Waals surface area contributed by atoms with Crippen molar-refractivity contribution in [3.8, 4) is 0 Å². The standard InChI is InChI=1S/C24H25N3O2/c28-23(18-19-10-4-1-5-11-19)26-27-24(29)25-17-16-22(20-12-6-2-7-13-20)21-14-8-3-9-15-21/h1-15,22H,16-18H2,(H,26,28)(H2,25,27,29). The molecule has 3 rings (SSSR count). The van der Waals surface area contributed by atoms with Crippen molar-refractivity contribution in [3.05, 3.63) is 108 Å². The number of hydrogen-bond donors (Lipinski definition) is 3. The van der Waals surface area contributed by atoms with E-state index in [4.69, 9.17) is 0 Å². The highest BCUT2D eigenvalue weighted by Crippen LogP contribution is 2.27. The molecular weight excluding hydrogens is 362 g/mol. The molecule has 0 atom stereocenters. The summed E-state index contributed by atoms with van der Waals surface area (Å²) in [5.41, 5.74) is 8.14. The van der Waals surface area contributed by atoms with Gasteiger partial charge in [-0.1, -0.05) is 91.0 Å². The van der Waals surface area contributed by atoms with E-state index in [0.717, 1.165) is 12.0 Å². The number of carbonyl (C=O) groups is 2. The number of carbonyl (C=O) groups excluding carboxylic acids is 2. The van der Waals surface area contributed by atoms with Gasteiger partial charge in [-0.05, 0) is 23.1 Å². The molecule has 0 unspecified atom stereocenters. The lowest BCUT2D eigenvalue weighted by Gasteiger charge is -2.18. The van der Waals surface area contributed by atoms with Gasteiger partial charge in [0.15, 0.2) is 0 Å². The summed E-state index contributed by atoms with van der Waals surface area (Å²) in [7, 11) is 0. The zero-order chi connectivity index (χ0) is 20.3. The average Bonchev–Trinajstić information content (AvgIpc) is 2.77. The number of hydrazine groups is 1. The van der Waals surface area contributed by atoms with E-state index in [1.54, 1.807) is 0 Å². The van der Waals surface area contributed by atoms with Crippen molar-refractivity contribution in [3.63, 3.8) is 0 Å². The summed E-state index contributed by atoms with van der Waals surface area (Å²) in [5.74, 6) is -0.0804. The van der Waals surface area contributed by atoms with Crippen molar-refractivity contribution in [2.24, 2.45) is 0 Å². The van der Waals surface area contributed by atoms with Crippen LogP contribution in [0.5, 0.6) is 0 Å². The number of urea groups is 1. The highest BCUT2D eigenvalue weighted by Gasteiger charge is 2.14. The number of amides is 3. The van der Waals surface area contributed by atoms with E-state index in [2.05, 4.69) is 40.4 Å². The van der Waals surface area contributed by atoms with Crippen LogP contribution in [-0.4, -0.2) is 18.5 Å². The Morgan fingerprint density at radius 1 is 0.690 bits per heavy atom. The number of nitrogens with one attached hydrogen (secondary N) is 3. The van der Waals surface area contributed by atoms with Crippen LogP contribution in [-0.2, 0) is 11.2 Å². The first-order valence-corrected chi connectivity index (χ1v) is 9.69. The fourth-order valence-electron chi connectivity index (χ4n) is 3.22. The zero-order valence-corrected chi connectivity index (χ0v) is 16.2. The molecule has 0 radical (unpaired) electrons. The molecule has 5 heteroatoms. The minimum absolute atomic E-state index is 0.186. The normalized spacial score (nSPS) is 10.4. The smallest absolute Gasteiger partial charge is 0.333 e. The Hall–Kier alpha value is -3.60. The summed E-state index contributed by atoms with van der Waals surface area (Å²) in [6.45, 7) is 0.481. The van der Waals surface area contributed by atoms with Crippen molar-refractivity contribution >= 4 is 11.9 Å². The van der Waals surface area contributed by atoms with Crippen LogP contribution >= 0.6 is 0 Å². The first kappa shape index (κ1) is 20.1. The van der Waals surface area contributed by atoms with Gasteiger partial charge in [-0.3, -0.25) is 10.2 Å². The molecule has 0 aliphatic carbocycles. The van der Waals surface area contributed by atoms with Gasteiger partial charge < -0.3 is 5.32 Å². The van der Waals surface area contributed by atoms with Gasteiger partial charge in [-0.25, -0.2) is 10.2 Å². The molecule has 148 valence electrons. The molecule has 0 saturated carbocycles. The van der Waals surface area contributed by atoms with Crippen molar-refractivity contribution in [1.29, 1.82) is 0 Å². The lowest BCUT2D eigenvalue weighted by molar-refractivity contribution is -0.121. The fourth-order valence-corrected chi connectivity index (χ4v) is 3.22. The van der Waals surface area contributed by atoms with Crippen LogP contribution in [0.2, 0.25) is 0 Å². The largest absolute Gasteiger partial charge is 0.337 e. The highest BCUT2D eigenvalue weighted by molar-refractivity contribution is 5.82. The number of rotatable bonds is 7. The minimum atomic E-state index is -0.425. The first-order valence-electron chi connectivity index (χ1n) is 9.69. The van der Waals surface area contributed by atoms with Crippen molar-refractivity contribution < 1.29 is 9.59 Å². The third kappa shape index (κ3) is 6.50. The predicted octanol–water partition coefficient (Wildman–Crippen LogP) is 3.78. The molecule has 3 aromatic rings. The van der Waals surface area contributed by atoms with Crippen LogP contribution in [0, 0.1) is 0 Å². The molecule has 5 nitrogen and oxygen atoms in total. The summed E-state index contributed by atoms with van der Waals surface area (Å²) < 4.78 is 0. The van der Waals surface area contributed by atoms with E-state index in [1.165, 1.54) is 11.1 Å². The molecule has 0 spiro atoms. The fraction of sp³-hybridized carbons (Fsp3) is 0.167. The van der Waals surface area contributed by atoms with Gasteiger partial charge in [0, 0.05) is 12.5 Å². The number of benzene rings is 3. The van der Waals surface area contributed by atoms with Crippen LogP contribution in [0.1, 0.15) is 29.0 Å². The Morgan fingerprint density at radius 3 is 1.76 bits per heavy atom. The third-order valence-corrected chi connectivity index (χ3v) is 4.65. The van der Waals surface area contributed by atoms with Gasteiger partial charge in [0.25, 0.3) is 0 Å². The molecule has 3 amide bonds. The van der Waals surface area contributed by atoms with E-state index < -0.39 is 6.03 Å². The zero-order valence-electron chi connectivity index (χ0n) is 16.2. The monoisotopic (exact) mass is 387 g/mol. The van der Waals surface area contributed by atoms with E-state index in [-0.39, 0.29) is 18.2 Å². The Bertz CT molecular complexity index is 860. The molecule has 3 N–H and O–H groups in total. The van der Waals surface area contributed by atoms with Crippen LogP contribution in [0.4, 0.5) is 4.79 Å². The van der Waals surface area contributed by atoms with Crippen LogP contribution in [0.3, 0.4) is 0 Å². The number of hydrogen-bond acceptors (Lipinski definition) is 2. The Kier molecular flexibility index (Phi) is 7.41. The second-order valence-corrected chi connectivity index (χ2v) is 6.75. The summed E-state index contributed by atoms with van der Waals surface area (Å²) in [4.78, 5) is 23.9. The average molecular weight is 387 g/mol. The minimum Gasteiger partial charge on any atom is -0.337 e. The van der Waals surface area contributed by atoms with Crippen LogP contribution < -0.4 is 16.2 Å². The van der Waals surface area contributed by atoms with E-state index >= 15 is 0 Å². The van der Waals surface area contributed by atoms with Crippen molar-refractivity contribution in [1.82, 2.24) is 16.2 Å².